The second-order valence-electron chi connectivity index (χ2n) is 4.53. The number of carbonyl (C=O) groups is 1. The van der Waals surface area contributed by atoms with E-state index in [1.807, 2.05) is 13.0 Å². The number of hydrogen-bond acceptors (Lipinski definition) is 3. The summed E-state index contributed by atoms with van der Waals surface area (Å²) in [5, 5.41) is 8.80. The van der Waals surface area contributed by atoms with Crippen LogP contribution in [0.5, 0.6) is 0 Å². The summed E-state index contributed by atoms with van der Waals surface area (Å²) >= 11 is 1.65. The number of carbonyl (C=O) groups excluding carboxylic acids is 1. The zero-order chi connectivity index (χ0) is 14.1. The van der Waals surface area contributed by atoms with Crippen molar-refractivity contribution in [3.8, 4) is 0 Å². The average molecular weight is 281 g/mol. The van der Waals surface area contributed by atoms with Crippen molar-refractivity contribution in [1.82, 2.24) is 4.90 Å². The minimum atomic E-state index is 0.139. The second-order valence-corrected chi connectivity index (χ2v) is 5.52. The number of aliphatic hydroxyl groups excluding tert-OH is 1. The van der Waals surface area contributed by atoms with Crippen molar-refractivity contribution in [2.45, 2.75) is 26.0 Å². The summed E-state index contributed by atoms with van der Waals surface area (Å²) in [7, 11) is 0. The van der Waals surface area contributed by atoms with Crippen LogP contribution in [0.15, 0.2) is 24.3 Å². The van der Waals surface area contributed by atoms with Crippen LogP contribution >= 0.6 is 11.8 Å². The molecule has 19 heavy (non-hydrogen) atoms. The fourth-order valence-electron chi connectivity index (χ4n) is 1.87. The molecule has 0 spiro atoms. The van der Waals surface area contributed by atoms with E-state index in [1.165, 1.54) is 11.1 Å². The Hall–Kier alpha value is -1.00. The van der Waals surface area contributed by atoms with Gasteiger partial charge in [0.25, 0.3) is 0 Å². The Balaban J connectivity index is 2.33. The highest BCUT2D eigenvalue weighted by Gasteiger charge is 2.10. The zero-order valence-electron chi connectivity index (χ0n) is 11.8. The summed E-state index contributed by atoms with van der Waals surface area (Å²) in [6.45, 7) is 5.55. The molecule has 0 unspecified atom stereocenters. The Morgan fingerprint density at radius 2 is 2.21 bits per heavy atom. The van der Waals surface area contributed by atoms with E-state index in [1.54, 1.807) is 16.7 Å². The molecule has 3 nitrogen and oxygen atoms in total. The fraction of sp³-hybridized carbons (Fsp3) is 0.533. The zero-order valence-corrected chi connectivity index (χ0v) is 12.6. The van der Waals surface area contributed by atoms with Gasteiger partial charge in [0.2, 0.25) is 5.91 Å². The number of hydrogen-bond donors (Lipinski definition) is 1. The summed E-state index contributed by atoms with van der Waals surface area (Å²) in [6, 6.07) is 8.37. The molecule has 0 aromatic heterocycles. The molecule has 1 N–H and O–H groups in total. The number of amides is 1. The van der Waals surface area contributed by atoms with E-state index in [-0.39, 0.29) is 12.5 Å². The van der Waals surface area contributed by atoms with Crippen molar-refractivity contribution in [3.63, 3.8) is 0 Å². The highest BCUT2D eigenvalue weighted by Crippen LogP contribution is 2.14. The molecule has 0 bridgehead atoms. The van der Waals surface area contributed by atoms with E-state index in [9.17, 15) is 4.79 Å². The molecule has 0 radical (unpaired) electrons. The van der Waals surface area contributed by atoms with Crippen LogP contribution in [0.3, 0.4) is 0 Å². The third-order valence-electron chi connectivity index (χ3n) is 2.90. The van der Waals surface area contributed by atoms with Gasteiger partial charge >= 0.3 is 0 Å². The molecular formula is C15H23NO2S. The highest BCUT2D eigenvalue weighted by atomic mass is 32.2. The molecule has 0 aliphatic heterocycles. The molecule has 1 aromatic rings. The third kappa shape index (κ3) is 6.12. The normalized spacial score (nSPS) is 10.5. The molecule has 1 aromatic carbocycles. The van der Waals surface area contributed by atoms with Gasteiger partial charge in [-0.05, 0) is 25.8 Å². The van der Waals surface area contributed by atoms with Gasteiger partial charge in [-0.25, -0.2) is 0 Å². The van der Waals surface area contributed by atoms with Crippen molar-refractivity contribution in [2.75, 3.05) is 25.4 Å². The van der Waals surface area contributed by atoms with Crippen molar-refractivity contribution in [2.24, 2.45) is 0 Å². The van der Waals surface area contributed by atoms with Crippen molar-refractivity contribution in [3.05, 3.63) is 35.4 Å². The quantitative estimate of drug-likeness (QED) is 0.796. The minimum Gasteiger partial charge on any atom is -0.396 e. The van der Waals surface area contributed by atoms with E-state index in [4.69, 9.17) is 5.11 Å². The number of rotatable bonds is 8. The Labute approximate surface area is 120 Å². The predicted octanol–water partition coefficient (Wildman–Crippen LogP) is 2.46. The van der Waals surface area contributed by atoms with Crippen LogP contribution in [0.25, 0.3) is 0 Å². The Morgan fingerprint density at radius 1 is 1.42 bits per heavy atom. The smallest absolute Gasteiger partial charge is 0.232 e. The minimum absolute atomic E-state index is 0.139. The number of thioether (sulfide) groups is 1. The standard InChI is InChI=1S/C15H23NO2S/c1-3-16(8-5-9-17)15(18)12-19-11-14-7-4-6-13(2)10-14/h4,6-7,10,17H,3,5,8-9,11-12H2,1-2H3. The maximum atomic E-state index is 12.0. The molecule has 4 heteroatoms. The van der Waals surface area contributed by atoms with Gasteiger partial charge in [-0.3, -0.25) is 4.79 Å². The lowest BCUT2D eigenvalue weighted by Gasteiger charge is -2.20. The van der Waals surface area contributed by atoms with Gasteiger partial charge < -0.3 is 10.0 Å². The van der Waals surface area contributed by atoms with Gasteiger partial charge in [-0.2, -0.15) is 0 Å². The number of aryl methyl sites for hydroxylation is 1. The summed E-state index contributed by atoms with van der Waals surface area (Å²) in [5.74, 6) is 1.53. The molecule has 0 atom stereocenters. The first-order valence-electron chi connectivity index (χ1n) is 6.69. The Bertz CT molecular complexity index is 395. The lowest BCUT2D eigenvalue weighted by atomic mass is 10.2. The molecular weight excluding hydrogens is 258 g/mol. The number of benzene rings is 1. The molecule has 106 valence electrons. The van der Waals surface area contributed by atoms with Crippen LogP contribution in [0.4, 0.5) is 0 Å². The first kappa shape index (κ1) is 16.1. The molecule has 0 saturated heterocycles. The number of aliphatic hydroxyl groups is 1. The number of nitrogens with zero attached hydrogens (tertiary/aromatic N) is 1. The largest absolute Gasteiger partial charge is 0.396 e. The first-order chi connectivity index (χ1) is 9.17. The highest BCUT2D eigenvalue weighted by molar-refractivity contribution is 7.99. The molecule has 0 aliphatic rings. The van der Waals surface area contributed by atoms with Gasteiger partial charge in [0.1, 0.15) is 0 Å². The van der Waals surface area contributed by atoms with Gasteiger partial charge in [-0.1, -0.05) is 29.8 Å². The third-order valence-corrected chi connectivity index (χ3v) is 3.89. The predicted molar refractivity (Wildman–Crippen MR) is 81.3 cm³/mol. The lowest BCUT2D eigenvalue weighted by Crippen LogP contribution is -2.33. The van der Waals surface area contributed by atoms with Crippen LogP contribution in [0, 0.1) is 6.92 Å². The molecule has 1 amide bonds. The van der Waals surface area contributed by atoms with E-state index in [0.717, 1.165) is 5.75 Å². The van der Waals surface area contributed by atoms with Crippen LogP contribution in [0.1, 0.15) is 24.5 Å². The monoisotopic (exact) mass is 281 g/mol. The topological polar surface area (TPSA) is 40.5 Å². The van der Waals surface area contributed by atoms with Crippen LogP contribution in [-0.4, -0.2) is 41.4 Å². The molecule has 0 saturated carbocycles. The Morgan fingerprint density at radius 3 is 2.84 bits per heavy atom. The van der Waals surface area contributed by atoms with Gasteiger partial charge in [-0.15, -0.1) is 11.8 Å². The van der Waals surface area contributed by atoms with Crippen LogP contribution < -0.4 is 0 Å². The van der Waals surface area contributed by atoms with E-state index >= 15 is 0 Å². The first-order valence-corrected chi connectivity index (χ1v) is 7.84. The molecule has 0 heterocycles. The van der Waals surface area contributed by atoms with Gasteiger partial charge in [0.05, 0.1) is 5.75 Å². The van der Waals surface area contributed by atoms with Crippen molar-refractivity contribution >= 4 is 17.7 Å². The summed E-state index contributed by atoms with van der Waals surface area (Å²) in [5.41, 5.74) is 2.51. The SMILES string of the molecule is CCN(CCCO)C(=O)CSCc1cccc(C)c1. The van der Waals surface area contributed by atoms with E-state index in [0.29, 0.717) is 25.3 Å². The Kier molecular flexibility index (Phi) is 7.60. The maximum absolute atomic E-state index is 12.0. The molecule has 1 rings (SSSR count). The van der Waals surface area contributed by atoms with Gasteiger partial charge in [0.15, 0.2) is 0 Å². The van der Waals surface area contributed by atoms with Crippen molar-refractivity contribution in [1.29, 1.82) is 0 Å². The molecule has 0 fully saturated rings. The fourth-order valence-corrected chi connectivity index (χ4v) is 2.74. The van der Waals surface area contributed by atoms with E-state index in [2.05, 4.69) is 25.1 Å². The maximum Gasteiger partial charge on any atom is 0.232 e. The van der Waals surface area contributed by atoms with E-state index < -0.39 is 0 Å². The van der Waals surface area contributed by atoms with Crippen LogP contribution in [0.2, 0.25) is 0 Å². The summed E-state index contributed by atoms with van der Waals surface area (Å²) < 4.78 is 0. The summed E-state index contributed by atoms with van der Waals surface area (Å²) in [4.78, 5) is 13.8. The van der Waals surface area contributed by atoms with Gasteiger partial charge in [0, 0.05) is 25.4 Å². The molecule has 0 aliphatic carbocycles. The van der Waals surface area contributed by atoms with Crippen molar-refractivity contribution < 1.29 is 9.90 Å². The second kappa shape index (κ2) is 8.99. The lowest BCUT2D eigenvalue weighted by molar-refractivity contribution is -0.128. The summed E-state index contributed by atoms with van der Waals surface area (Å²) in [6.07, 6.45) is 0.655. The average Bonchev–Trinajstić information content (AvgIpc) is 2.39. The van der Waals surface area contributed by atoms with Crippen LogP contribution in [-0.2, 0) is 10.5 Å².